The summed E-state index contributed by atoms with van der Waals surface area (Å²) in [5.74, 6) is 0.567. The highest BCUT2D eigenvalue weighted by Crippen LogP contribution is 2.21. The summed E-state index contributed by atoms with van der Waals surface area (Å²) < 4.78 is 5.20. The number of rotatable bonds is 3. The molecule has 2 atom stereocenters. The van der Waals surface area contributed by atoms with Gasteiger partial charge in [0.15, 0.2) is 0 Å². The summed E-state index contributed by atoms with van der Waals surface area (Å²) in [6.45, 7) is 8.18. The van der Waals surface area contributed by atoms with Crippen LogP contribution in [-0.4, -0.2) is 55.0 Å². The molecule has 0 aromatic rings. The van der Waals surface area contributed by atoms with Crippen LogP contribution in [0.4, 0.5) is 4.79 Å². The van der Waals surface area contributed by atoms with Gasteiger partial charge in [-0.2, -0.15) is 0 Å². The van der Waals surface area contributed by atoms with Gasteiger partial charge in [-0.05, 0) is 52.6 Å². The van der Waals surface area contributed by atoms with Crippen LogP contribution in [0, 0.1) is 11.8 Å². The molecule has 18 heavy (non-hydrogen) atoms. The highest BCUT2D eigenvalue weighted by atomic mass is 16.6. The molecule has 1 heterocycles. The van der Waals surface area contributed by atoms with Crippen LogP contribution in [0.25, 0.3) is 0 Å². The maximum absolute atomic E-state index is 11.6. The van der Waals surface area contributed by atoms with Gasteiger partial charge in [-0.15, -0.1) is 0 Å². The molecule has 0 saturated carbocycles. The first-order valence-corrected chi connectivity index (χ1v) is 6.58. The van der Waals surface area contributed by atoms with Gasteiger partial charge in [0.25, 0.3) is 0 Å². The molecule has 1 amide bonds. The summed E-state index contributed by atoms with van der Waals surface area (Å²) in [4.78, 5) is 13.8. The summed E-state index contributed by atoms with van der Waals surface area (Å²) >= 11 is 0. The predicted octanol–water partition coefficient (Wildman–Crippen LogP) is 1.07. The number of hydrogen-bond acceptors (Lipinski definition) is 4. The van der Waals surface area contributed by atoms with Crippen molar-refractivity contribution >= 4 is 6.09 Å². The summed E-state index contributed by atoms with van der Waals surface area (Å²) in [6, 6.07) is 0. The first-order chi connectivity index (χ1) is 8.31. The second kappa shape index (κ2) is 6.38. The molecule has 2 N–H and O–H groups in total. The number of carbonyl (C=O) groups excluding carboxylic acids is 1. The van der Waals surface area contributed by atoms with E-state index in [4.69, 9.17) is 4.74 Å². The van der Waals surface area contributed by atoms with Crippen molar-refractivity contribution in [1.29, 1.82) is 0 Å². The highest BCUT2D eigenvalue weighted by molar-refractivity contribution is 5.67. The van der Waals surface area contributed by atoms with Gasteiger partial charge in [0.2, 0.25) is 0 Å². The molecule has 1 saturated heterocycles. The Morgan fingerprint density at radius 2 is 2.11 bits per heavy atom. The minimum absolute atomic E-state index is 0.172. The zero-order valence-electron chi connectivity index (χ0n) is 11.9. The fourth-order valence-electron chi connectivity index (χ4n) is 2.27. The number of nitrogens with one attached hydrogen (secondary N) is 1. The predicted molar refractivity (Wildman–Crippen MR) is 70.4 cm³/mol. The van der Waals surface area contributed by atoms with Crippen LogP contribution < -0.4 is 5.32 Å². The van der Waals surface area contributed by atoms with Gasteiger partial charge in [-0.25, -0.2) is 4.79 Å². The third-order valence-electron chi connectivity index (χ3n) is 3.24. The molecular weight excluding hydrogens is 232 g/mol. The second-order valence-corrected chi connectivity index (χ2v) is 6.14. The van der Waals surface area contributed by atoms with Crippen LogP contribution in [-0.2, 0) is 4.74 Å². The lowest BCUT2D eigenvalue weighted by Crippen LogP contribution is -2.45. The molecule has 0 aromatic heterocycles. The second-order valence-electron chi connectivity index (χ2n) is 6.14. The molecule has 0 radical (unpaired) electrons. The molecule has 0 aromatic carbocycles. The summed E-state index contributed by atoms with van der Waals surface area (Å²) in [6.07, 6.45) is 0.621. The molecule has 1 fully saturated rings. The first-order valence-electron chi connectivity index (χ1n) is 6.58. The molecule has 1 rings (SSSR count). The molecule has 0 spiro atoms. The molecule has 5 heteroatoms. The van der Waals surface area contributed by atoms with Gasteiger partial charge < -0.3 is 20.1 Å². The standard InChI is InChI=1S/C13H26N2O3/c1-13(2,3)18-12(17)14-7-10-5-6-15(4)8-11(10)9-16/h10-11,16H,5-9H2,1-4H3,(H,14,17). The number of likely N-dealkylation sites (tertiary alicyclic amines) is 1. The fraction of sp³-hybridized carbons (Fsp3) is 0.923. The van der Waals surface area contributed by atoms with E-state index in [1.165, 1.54) is 0 Å². The lowest BCUT2D eigenvalue weighted by Gasteiger charge is -2.36. The van der Waals surface area contributed by atoms with Crippen molar-refractivity contribution < 1.29 is 14.6 Å². The molecular formula is C13H26N2O3. The number of carbonyl (C=O) groups is 1. The molecule has 5 nitrogen and oxygen atoms in total. The third-order valence-corrected chi connectivity index (χ3v) is 3.24. The van der Waals surface area contributed by atoms with E-state index in [0.717, 1.165) is 19.5 Å². The maximum Gasteiger partial charge on any atom is 0.407 e. The van der Waals surface area contributed by atoms with Crippen molar-refractivity contribution in [2.24, 2.45) is 11.8 Å². The van der Waals surface area contributed by atoms with Crippen LogP contribution in [0.3, 0.4) is 0 Å². The van der Waals surface area contributed by atoms with E-state index < -0.39 is 5.60 Å². The van der Waals surface area contributed by atoms with Crippen LogP contribution in [0.5, 0.6) is 0 Å². The molecule has 106 valence electrons. The largest absolute Gasteiger partial charge is 0.444 e. The summed E-state index contributed by atoms with van der Waals surface area (Å²) in [5, 5.41) is 12.2. The van der Waals surface area contributed by atoms with E-state index in [-0.39, 0.29) is 18.6 Å². The smallest absolute Gasteiger partial charge is 0.407 e. The average Bonchev–Trinajstić information content (AvgIpc) is 2.24. The van der Waals surface area contributed by atoms with Crippen molar-refractivity contribution in [2.45, 2.75) is 32.8 Å². The Bertz CT molecular complexity index is 276. The average molecular weight is 258 g/mol. The zero-order chi connectivity index (χ0) is 13.8. The molecule has 1 aliphatic heterocycles. The van der Waals surface area contributed by atoms with E-state index in [0.29, 0.717) is 12.5 Å². The Hall–Kier alpha value is -0.810. The number of alkyl carbamates (subject to hydrolysis) is 1. The topological polar surface area (TPSA) is 61.8 Å². The Kier molecular flexibility index (Phi) is 5.41. The minimum Gasteiger partial charge on any atom is -0.444 e. The van der Waals surface area contributed by atoms with Gasteiger partial charge in [0.1, 0.15) is 5.60 Å². The van der Waals surface area contributed by atoms with Gasteiger partial charge >= 0.3 is 6.09 Å². The van der Waals surface area contributed by atoms with E-state index in [2.05, 4.69) is 17.3 Å². The fourth-order valence-corrected chi connectivity index (χ4v) is 2.27. The van der Waals surface area contributed by atoms with Crippen LogP contribution in [0.2, 0.25) is 0 Å². The Labute approximate surface area is 109 Å². The normalized spacial score (nSPS) is 25.8. The van der Waals surface area contributed by atoms with Gasteiger partial charge in [0.05, 0.1) is 0 Å². The van der Waals surface area contributed by atoms with Crippen molar-refractivity contribution in [3.63, 3.8) is 0 Å². The SMILES string of the molecule is CN1CCC(CNC(=O)OC(C)(C)C)C(CO)C1. The number of aliphatic hydroxyl groups is 1. The van der Waals surface area contributed by atoms with Crippen LogP contribution in [0.1, 0.15) is 27.2 Å². The highest BCUT2D eigenvalue weighted by Gasteiger charge is 2.27. The summed E-state index contributed by atoms with van der Waals surface area (Å²) in [5.41, 5.74) is -0.465. The van der Waals surface area contributed by atoms with Gasteiger partial charge in [-0.3, -0.25) is 0 Å². The Morgan fingerprint density at radius 3 is 2.67 bits per heavy atom. The third kappa shape index (κ3) is 5.23. The molecule has 0 bridgehead atoms. The van der Waals surface area contributed by atoms with Gasteiger partial charge in [0, 0.05) is 19.7 Å². The van der Waals surface area contributed by atoms with E-state index in [9.17, 15) is 9.90 Å². The number of nitrogens with zero attached hydrogens (tertiary/aromatic N) is 1. The number of aliphatic hydroxyl groups excluding tert-OH is 1. The number of ether oxygens (including phenoxy) is 1. The number of hydrogen-bond donors (Lipinski definition) is 2. The minimum atomic E-state index is -0.465. The lowest BCUT2D eigenvalue weighted by atomic mass is 9.86. The van der Waals surface area contributed by atoms with Crippen LogP contribution >= 0.6 is 0 Å². The quantitative estimate of drug-likeness (QED) is 0.795. The van der Waals surface area contributed by atoms with E-state index in [1.807, 2.05) is 20.8 Å². The van der Waals surface area contributed by atoms with Crippen molar-refractivity contribution in [3.05, 3.63) is 0 Å². The van der Waals surface area contributed by atoms with Crippen LogP contribution in [0.15, 0.2) is 0 Å². The first kappa shape index (κ1) is 15.2. The lowest BCUT2D eigenvalue weighted by molar-refractivity contribution is 0.0464. The van der Waals surface area contributed by atoms with Gasteiger partial charge in [-0.1, -0.05) is 0 Å². The molecule has 1 aliphatic rings. The maximum atomic E-state index is 11.6. The Balaban J connectivity index is 2.35. The van der Waals surface area contributed by atoms with Crippen molar-refractivity contribution in [2.75, 3.05) is 33.3 Å². The molecule has 0 aliphatic carbocycles. The zero-order valence-corrected chi connectivity index (χ0v) is 11.9. The van der Waals surface area contributed by atoms with E-state index >= 15 is 0 Å². The van der Waals surface area contributed by atoms with Crippen molar-refractivity contribution in [3.8, 4) is 0 Å². The molecule has 2 unspecified atom stereocenters. The van der Waals surface area contributed by atoms with Crippen molar-refractivity contribution in [1.82, 2.24) is 10.2 Å². The van der Waals surface area contributed by atoms with E-state index in [1.54, 1.807) is 0 Å². The monoisotopic (exact) mass is 258 g/mol. The number of piperidine rings is 1. The summed E-state index contributed by atoms with van der Waals surface area (Å²) in [7, 11) is 2.06. The number of amides is 1. The Morgan fingerprint density at radius 1 is 1.44 bits per heavy atom.